The first kappa shape index (κ1) is 14.4. The van der Waals surface area contributed by atoms with Crippen LogP contribution in [0.15, 0.2) is 24.3 Å². The fourth-order valence-electron chi connectivity index (χ4n) is 2.80. The first-order valence-corrected chi connectivity index (χ1v) is 7.05. The second-order valence-corrected chi connectivity index (χ2v) is 5.31. The first-order valence-electron chi connectivity index (χ1n) is 7.05. The van der Waals surface area contributed by atoms with Crippen molar-refractivity contribution < 1.29 is 9.50 Å². The number of piperidine rings is 1. The van der Waals surface area contributed by atoms with Crippen molar-refractivity contribution in [2.45, 2.75) is 44.4 Å². The van der Waals surface area contributed by atoms with Crippen LogP contribution in [0.1, 0.15) is 37.8 Å². The van der Waals surface area contributed by atoms with Gasteiger partial charge in [0.05, 0.1) is 12.1 Å². The van der Waals surface area contributed by atoms with Gasteiger partial charge in [-0.1, -0.05) is 25.1 Å². The van der Waals surface area contributed by atoms with Crippen LogP contribution in [0, 0.1) is 5.82 Å². The summed E-state index contributed by atoms with van der Waals surface area (Å²) in [6, 6.07) is 6.68. The van der Waals surface area contributed by atoms with Crippen LogP contribution in [0.3, 0.4) is 0 Å². The normalized spacial score (nSPS) is 21.3. The van der Waals surface area contributed by atoms with Crippen molar-refractivity contribution in [1.29, 1.82) is 0 Å². The van der Waals surface area contributed by atoms with E-state index < -0.39 is 0 Å². The zero-order chi connectivity index (χ0) is 13.8. The van der Waals surface area contributed by atoms with Gasteiger partial charge in [-0.3, -0.25) is 4.90 Å². The van der Waals surface area contributed by atoms with E-state index in [1.54, 1.807) is 6.07 Å². The van der Waals surface area contributed by atoms with E-state index in [2.05, 4.69) is 4.90 Å². The molecule has 106 valence electrons. The molecule has 0 bridgehead atoms. The Hall–Kier alpha value is -0.970. The van der Waals surface area contributed by atoms with Crippen molar-refractivity contribution >= 4 is 0 Å². The Morgan fingerprint density at radius 3 is 2.58 bits per heavy atom. The van der Waals surface area contributed by atoms with E-state index >= 15 is 0 Å². The van der Waals surface area contributed by atoms with Crippen LogP contribution in [-0.4, -0.2) is 35.2 Å². The van der Waals surface area contributed by atoms with Gasteiger partial charge in [0.2, 0.25) is 0 Å². The minimum atomic E-state index is -0.227. The van der Waals surface area contributed by atoms with Crippen LogP contribution in [0.5, 0.6) is 0 Å². The average Bonchev–Trinajstić information content (AvgIpc) is 2.43. The van der Waals surface area contributed by atoms with Crippen LogP contribution in [-0.2, 0) is 0 Å². The van der Waals surface area contributed by atoms with E-state index in [1.165, 1.54) is 6.07 Å². The number of aliphatic hydroxyl groups is 1. The smallest absolute Gasteiger partial charge is 0.128 e. The SMILES string of the molecule is CCC(N)C(c1ccccc1F)N1CCC(O)CC1. The Morgan fingerprint density at radius 2 is 2.00 bits per heavy atom. The van der Waals surface area contributed by atoms with Gasteiger partial charge in [0, 0.05) is 24.7 Å². The first-order chi connectivity index (χ1) is 9.13. The summed E-state index contributed by atoms with van der Waals surface area (Å²) in [6.45, 7) is 3.57. The van der Waals surface area contributed by atoms with E-state index in [9.17, 15) is 9.50 Å². The predicted octanol–water partition coefficient (Wildman–Crippen LogP) is 2.06. The summed E-state index contributed by atoms with van der Waals surface area (Å²) in [6.07, 6.45) is 2.05. The summed E-state index contributed by atoms with van der Waals surface area (Å²) in [5, 5.41) is 9.60. The molecular weight excluding hydrogens is 243 g/mol. The van der Waals surface area contributed by atoms with Gasteiger partial charge in [0.1, 0.15) is 5.82 Å². The number of hydrogen-bond acceptors (Lipinski definition) is 3. The van der Waals surface area contributed by atoms with Crippen LogP contribution in [0.4, 0.5) is 4.39 Å². The van der Waals surface area contributed by atoms with Crippen molar-refractivity contribution in [3.8, 4) is 0 Å². The fraction of sp³-hybridized carbons (Fsp3) is 0.600. The third-order valence-corrected chi connectivity index (χ3v) is 3.99. The lowest BCUT2D eigenvalue weighted by Crippen LogP contribution is -2.45. The highest BCUT2D eigenvalue weighted by molar-refractivity contribution is 5.23. The number of halogens is 1. The molecule has 3 N–H and O–H groups in total. The van der Waals surface area contributed by atoms with Crippen LogP contribution in [0.25, 0.3) is 0 Å². The molecule has 0 spiro atoms. The third kappa shape index (κ3) is 3.32. The van der Waals surface area contributed by atoms with E-state index in [4.69, 9.17) is 5.73 Å². The van der Waals surface area contributed by atoms with Gasteiger partial charge < -0.3 is 10.8 Å². The van der Waals surface area contributed by atoms with Gasteiger partial charge >= 0.3 is 0 Å². The van der Waals surface area contributed by atoms with Gasteiger partial charge in [0.25, 0.3) is 0 Å². The minimum Gasteiger partial charge on any atom is -0.393 e. The molecule has 2 atom stereocenters. The van der Waals surface area contributed by atoms with Crippen molar-refractivity contribution in [2.75, 3.05) is 13.1 Å². The molecule has 1 aliphatic heterocycles. The molecule has 1 saturated heterocycles. The second-order valence-electron chi connectivity index (χ2n) is 5.31. The topological polar surface area (TPSA) is 49.5 Å². The molecule has 1 heterocycles. The molecule has 4 heteroatoms. The molecule has 0 saturated carbocycles. The summed E-state index contributed by atoms with van der Waals surface area (Å²) in [5.41, 5.74) is 6.89. The van der Waals surface area contributed by atoms with E-state index in [0.29, 0.717) is 5.56 Å². The highest BCUT2D eigenvalue weighted by Gasteiger charge is 2.30. The molecule has 2 unspecified atom stereocenters. The maximum absolute atomic E-state index is 14.0. The fourth-order valence-corrected chi connectivity index (χ4v) is 2.80. The number of rotatable bonds is 4. The zero-order valence-corrected chi connectivity index (χ0v) is 11.4. The van der Waals surface area contributed by atoms with Crippen molar-refractivity contribution in [1.82, 2.24) is 4.90 Å². The average molecular weight is 266 g/mol. The monoisotopic (exact) mass is 266 g/mol. The number of aliphatic hydroxyl groups excluding tert-OH is 1. The number of likely N-dealkylation sites (tertiary alicyclic amines) is 1. The van der Waals surface area contributed by atoms with Gasteiger partial charge in [-0.2, -0.15) is 0 Å². The van der Waals surface area contributed by atoms with Gasteiger partial charge in [-0.25, -0.2) is 4.39 Å². The molecule has 0 aromatic heterocycles. The maximum Gasteiger partial charge on any atom is 0.128 e. The molecule has 0 amide bonds. The van der Waals surface area contributed by atoms with Crippen molar-refractivity contribution in [3.63, 3.8) is 0 Å². The van der Waals surface area contributed by atoms with Crippen LogP contribution >= 0.6 is 0 Å². The lowest BCUT2D eigenvalue weighted by atomic mass is 9.93. The van der Waals surface area contributed by atoms with Crippen molar-refractivity contribution in [2.24, 2.45) is 5.73 Å². The Bertz CT molecular complexity index is 405. The largest absolute Gasteiger partial charge is 0.393 e. The third-order valence-electron chi connectivity index (χ3n) is 3.99. The Kier molecular flexibility index (Phi) is 4.91. The molecule has 19 heavy (non-hydrogen) atoms. The molecule has 1 fully saturated rings. The molecule has 1 aromatic carbocycles. The molecule has 0 radical (unpaired) electrons. The molecule has 0 aliphatic carbocycles. The molecular formula is C15H23FN2O. The van der Waals surface area contributed by atoms with Gasteiger partial charge in [-0.05, 0) is 25.3 Å². The summed E-state index contributed by atoms with van der Waals surface area (Å²) < 4.78 is 14.0. The van der Waals surface area contributed by atoms with E-state index in [-0.39, 0.29) is 24.0 Å². The highest BCUT2D eigenvalue weighted by atomic mass is 19.1. The molecule has 2 rings (SSSR count). The Balaban J connectivity index is 2.24. The highest BCUT2D eigenvalue weighted by Crippen LogP contribution is 2.29. The van der Waals surface area contributed by atoms with Crippen molar-refractivity contribution in [3.05, 3.63) is 35.6 Å². The van der Waals surface area contributed by atoms with E-state index in [1.807, 2.05) is 19.1 Å². The Morgan fingerprint density at radius 1 is 1.37 bits per heavy atom. The predicted molar refractivity (Wildman–Crippen MR) is 74.2 cm³/mol. The molecule has 1 aliphatic rings. The minimum absolute atomic E-state index is 0.0906. The van der Waals surface area contributed by atoms with Gasteiger partial charge in [-0.15, -0.1) is 0 Å². The maximum atomic E-state index is 14.0. The summed E-state index contributed by atoms with van der Waals surface area (Å²) in [4.78, 5) is 2.21. The summed E-state index contributed by atoms with van der Waals surface area (Å²) in [5.74, 6) is -0.192. The lowest BCUT2D eigenvalue weighted by molar-refractivity contribution is 0.0519. The quantitative estimate of drug-likeness (QED) is 0.877. The van der Waals surface area contributed by atoms with E-state index in [0.717, 1.165) is 32.4 Å². The summed E-state index contributed by atoms with van der Waals surface area (Å²) in [7, 11) is 0. The molecule has 1 aromatic rings. The standard InChI is InChI=1S/C15H23FN2O/c1-2-14(17)15(12-5-3-4-6-13(12)16)18-9-7-11(19)8-10-18/h3-6,11,14-15,19H,2,7-10,17H2,1H3. The number of hydrogen-bond donors (Lipinski definition) is 2. The lowest BCUT2D eigenvalue weighted by Gasteiger charge is -2.39. The van der Waals surface area contributed by atoms with Crippen LogP contribution < -0.4 is 5.73 Å². The zero-order valence-electron chi connectivity index (χ0n) is 11.4. The molecule has 3 nitrogen and oxygen atoms in total. The number of benzene rings is 1. The Labute approximate surface area is 114 Å². The van der Waals surface area contributed by atoms with Crippen LogP contribution in [0.2, 0.25) is 0 Å². The van der Waals surface area contributed by atoms with Gasteiger partial charge in [0.15, 0.2) is 0 Å². The number of nitrogens with two attached hydrogens (primary N) is 1. The number of nitrogens with zero attached hydrogens (tertiary/aromatic N) is 1. The summed E-state index contributed by atoms with van der Waals surface area (Å²) >= 11 is 0. The second kappa shape index (κ2) is 6.46.